The van der Waals surface area contributed by atoms with Crippen LogP contribution in [0.5, 0.6) is 11.5 Å². The molecule has 1 atom stereocenters. The van der Waals surface area contributed by atoms with Gasteiger partial charge in [0, 0.05) is 11.6 Å². The van der Waals surface area contributed by atoms with Crippen molar-refractivity contribution in [2.45, 2.75) is 19.4 Å². The smallest absolute Gasteiger partial charge is 0.304 e. The Bertz CT molecular complexity index is 599. The highest BCUT2D eigenvalue weighted by atomic mass is 32.2. The third-order valence-electron chi connectivity index (χ3n) is 2.84. The highest BCUT2D eigenvalue weighted by Gasteiger charge is 2.20. The Morgan fingerprint density at radius 1 is 1.33 bits per heavy atom. The Balaban J connectivity index is 2.92. The first kappa shape index (κ1) is 17.3. The molecule has 0 aliphatic rings. The van der Waals surface area contributed by atoms with Gasteiger partial charge in [0.15, 0.2) is 0 Å². The summed E-state index contributed by atoms with van der Waals surface area (Å²) in [5.41, 5.74) is 0.607. The second-order valence-corrected chi connectivity index (χ2v) is 6.28. The summed E-state index contributed by atoms with van der Waals surface area (Å²) in [4.78, 5) is 10.5. The SMILES string of the molecule is COc1ccc(OC)c(C(C)NS(=O)(=O)CCC(=O)O)c1. The fourth-order valence-electron chi connectivity index (χ4n) is 1.79. The van der Waals surface area contributed by atoms with Crippen LogP contribution in [-0.2, 0) is 14.8 Å². The van der Waals surface area contributed by atoms with E-state index in [1.54, 1.807) is 25.1 Å². The molecule has 1 rings (SSSR count). The van der Waals surface area contributed by atoms with Gasteiger partial charge in [-0.25, -0.2) is 13.1 Å². The molecule has 0 aliphatic heterocycles. The van der Waals surface area contributed by atoms with Crippen LogP contribution in [0.15, 0.2) is 18.2 Å². The van der Waals surface area contributed by atoms with Gasteiger partial charge >= 0.3 is 5.97 Å². The van der Waals surface area contributed by atoms with Crippen LogP contribution in [0, 0.1) is 0 Å². The fraction of sp³-hybridized carbons (Fsp3) is 0.462. The van der Waals surface area contributed by atoms with Crippen molar-refractivity contribution >= 4 is 16.0 Å². The van der Waals surface area contributed by atoms with Crippen molar-refractivity contribution in [3.05, 3.63) is 23.8 Å². The van der Waals surface area contributed by atoms with Gasteiger partial charge in [-0.2, -0.15) is 0 Å². The number of aliphatic carboxylic acids is 1. The van der Waals surface area contributed by atoms with Crippen LogP contribution in [0.3, 0.4) is 0 Å². The standard InChI is InChI=1S/C13H19NO6S/c1-9(14-21(17,18)7-6-13(15)16)11-8-10(19-2)4-5-12(11)20-3/h4-5,8-9,14H,6-7H2,1-3H3,(H,15,16). The Kier molecular flexibility index (Phi) is 5.98. The molecule has 7 nitrogen and oxygen atoms in total. The number of methoxy groups -OCH3 is 2. The van der Waals surface area contributed by atoms with E-state index in [1.165, 1.54) is 14.2 Å². The molecule has 0 aromatic heterocycles. The molecule has 118 valence electrons. The highest BCUT2D eigenvalue weighted by Crippen LogP contribution is 2.29. The number of rotatable bonds is 8. The van der Waals surface area contributed by atoms with E-state index in [4.69, 9.17) is 14.6 Å². The molecule has 0 saturated carbocycles. The number of carbonyl (C=O) groups is 1. The minimum absolute atomic E-state index is 0.447. The summed E-state index contributed by atoms with van der Waals surface area (Å²) in [6.07, 6.45) is -0.447. The van der Waals surface area contributed by atoms with Gasteiger partial charge in [0.2, 0.25) is 10.0 Å². The molecule has 0 radical (unpaired) electrons. The predicted molar refractivity (Wildman–Crippen MR) is 77.1 cm³/mol. The maximum atomic E-state index is 11.8. The molecule has 0 saturated heterocycles. The second-order valence-electron chi connectivity index (χ2n) is 4.41. The Morgan fingerprint density at radius 2 is 2.00 bits per heavy atom. The molecule has 1 unspecified atom stereocenters. The third-order valence-corrected chi connectivity index (χ3v) is 4.30. The molecule has 0 aliphatic carbocycles. The molecular formula is C13H19NO6S. The zero-order valence-electron chi connectivity index (χ0n) is 12.1. The van der Waals surface area contributed by atoms with Gasteiger partial charge in [-0.3, -0.25) is 4.79 Å². The number of hydrogen-bond acceptors (Lipinski definition) is 5. The average Bonchev–Trinajstić information content (AvgIpc) is 2.44. The van der Waals surface area contributed by atoms with Gasteiger partial charge in [0.1, 0.15) is 11.5 Å². The minimum Gasteiger partial charge on any atom is -0.497 e. The summed E-state index contributed by atoms with van der Waals surface area (Å²) >= 11 is 0. The third kappa shape index (κ3) is 5.24. The monoisotopic (exact) mass is 317 g/mol. The summed E-state index contributed by atoms with van der Waals surface area (Å²) in [7, 11) is -0.705. The summed E-state index contributed by atoms with van der Waals surface area (Å²) in [5.74, 6) is -0.544. The van der Waals surface area contributed by atoms with E-state index in [0.717, 1.165) is 0 Å². The molecule has 1 aromatic carbocycles. The lowest BCUT2D eigenvalue weighted by Gasteiger charge is -2.18. The fourth-order valence-corrected chi connectivity index (χ4v) is 3.02. The van der Waals surface area contributed by atoms with Gasteiger partial charge < -0.3 is 14.6 Å². The number of hydrogen-bond donors (Lipinski definition) is 2. The topological polar surface area (TPSA) is 102 Å². The van der Waals surface area contributed by atoms with Crippen molar-refractivity contribution in [2.24, 2.45) is 0 Å². The number of carboxylic acids is 1. The number of ether oxygens (including phenoxy) is 2. The maximum absolute atomic E-state index is 11.8. The summed E-state index contributed by atoms with van der Waals surface area (Å²) < 4.78 is 36.4. The maximum Gasteiger partial charge on any atom is 0.304 e. The van der Waals surface area contributed by atoms with Crippen molar-refractivity contribution in [3.8, 4) is 11.5 Å². The lowest BCUT2D eigenvalue weighted by molar-refractivity contribution is -0.136. The van der Waals surface area contributed by atoms with E-state index < -0.39 is 34.2 Å². The highest BCUT2D eigenvalue weighted by molar-refractivity contribution is 7.89. The van der Waals surface area contributed by atoms with E-state index in [2.05, 4.69) is 4.72 Å². The normalized spacial score (nSPS) is 12.7. The van der Waals surface area contributed by atoms with Crippen LogP contribution in [0.1, 0.15) is 24.9 Å². The number of benzene rings is 1. The van der Waals surface area contributed by atoms with Gasteiger partial charge in [-0.15, -0.1) is 0 Å². The summed E-state index contributed by atoms with van der Waals surface area (Å²) in [6, 6.07) is 4.47. The first-order valence-electron chi connectivity index (χ1n) is 6.22. The van der Waals surface area contributed by atoms with E-state index in [-0.39, 0.29) is 0 Å². The Morgan fingerprint density at radius 3 is 2.52 bits per heavy atom. The van der Waals surface area contributed by atoms with E-state index >= 15 is 0 Å². The average molecular weight is 317 g/mol. The van der Waals surface area contributed by atoms with Gasteiger partial charge in [0.25, 0.3) is 0 Å². The summed E-state index contributed by atoms with van der Waals surface area (Å²) in [5, 5.41) is 8.55. The van der Waals surface area contributed by atoms with Crippen LogP contribution in [0.25, 0.3) is 0 Å². The van der Waals surface area contributed by atoms with Crippen molar-refractivity contribution in [3.63, 3.8) is 0 Å². The molecule has 0 fully saturated rings. The van der Waals surface area contributed by atoms with Crippen LogP contribution >= 0.6 is 0 Å². The van der Waals surface area contributed by atoms with Crippen LogP contribution in [-0.4, -0.2) is 39.5 Å². The molecule has 1 aromatic rings. The molecule has 8 heteroatoms. The van der Waals surface area contributed by atoms with Crippen LogP contribution < -0.4 is 14.2 Å². The molecule has 21 heavy (non-hydrogen) atoms. The van der Waals surface area contributed by atoms with Gasteiger partial charge in [-0.1, -0.05) is 0 Å². The van der Waals surface area contributed by atoms with Crippen molar-refractivity contribution in [2.75, 3.05) is 20.0 Å². The van der Waals surface area contributed by atoms with E-state index in [0.29, 0.717) is 17.1 Å². The molecular weight excluding hydrogens is 298 g/mol. The first-order valence-corrected chi connectivity index (χ1v) is 7.88. The first-order chi connectivity index (χ1) is 9.79. The molecule has 0 heterocycles. The predicted octanol–water partition coefficient (Wildman–Crippen LogP) is 1.16. The zero-order chi connectivity index (χ0) is 16.0. The van der Waals surface area contributed by atoms with Crippen molar-refractivity contribution < 1.29 is 27.8 Å². The molecule has 0 bridgehead atoms. The number of sulfonamides is 1. The molecule has 2 N–H and O–H groups in total. The lowest BCUT2D eigenvalue weighted by atomic mass is 10.1. The van der Waals surface area contributed by atoms with Gasteiger partial charge in [0.05, 0.1) is 26.4 Å². The Hall–Kier alpha value is -1.80. The van der Waals surface area contributed by atoms with Crippen LogP contribution in [0.2, 0.25) is 0 Å². The number of nitrogens with one attached hydrogen (secondary N) is 1. The minimum atomic E-state index is -3.70. The van der Waals surface area contributed by atoms with E-state index in [1.807, 2.05) is 0 Å². The van der Waals surface area contributed by atoms with E-state index in [9.17, 15) is 13.2 Å². The Labute approximate surface area is 123 Å². The second kappa shape index (κ2) is 7.28. The lowest BCUT2D eigenvalue weighted by Crippen LogP contribution is -2.30. The largest absolute Gasteiger partial charge is 0.497 e. The quantitative estimate of drug-likeness (QED) is 0.746. The van der Waals surface area contributed by atoms with Crippen LogP contribution in [0.4, 0.5) is 0 Å². The summed E-state index contributed by atoms with van der Waals surface area (Å²) in [6.45, 7) is 1.65. The van der Waals surface area contributed by atoms with Crippen molar-refractivity contribution in [1.29, 1.82) is 0 Å². The van der Waals surface area contributed by atoms with Crippen molar-refractivity contribution in [1.82, 2.24) is 4.72 Å². The zero-order valence-corrected chi connectivity index (χ0v) is 12.9. The van der Waals surface area contributed by atoms with Gasteiger partial charge in [-0.05, 0) is 25.1 Å². The molecule has 0 amide bonds. The molecule has 0 spiro atoms. The number of carboxylic acid groups (broad SMARTS) is 1.